The highest BCUT2D eigenvalue weighted by Gasteiger charge is 2.23. The molecule has 23 heavy (non-hydrogen) atoms. The molecule has 1 atom stereocenters. The van der Waals surface area contributed by atoms with E-state index in [1.54, 1.807) is 0 Å². The largest absolute Gasteiger partial charge is 0.489 e. The third kappa shape index (κ3) is 4.12. The molecule has 1 aliphatic rings. The molecule has 122 valence electrons. The predicted octanol–water partition coefficient (Wildman–Crippen LogP) is 3.62. The Morgan fingerprint density at radius 3 is 2.43 bits per heavy atom. The van der Waals surface area contributed by atoms with E-state index in [9.17, 15) is 0 Å². The number of hydrogen-bond acceptors (Lipinski definition) is 3. The Morgan fingerprint density at radius 2 is 1.70 bits per heavy atom. The SMILES string of the molecule is CC[C@H](c1ccccc1OCc1ccccc1)N1CCNCC1. The summed E-state index contributed by atoms with van der Waals surface area (Å²) in [5.41, 5.74) is 2.52. The summed E-state index contributed by atoms with van der Waals surface area (Å²) in [6.07, 6.45) is 1.10. The quantitative estimate of drug-likeness (QED) is 0.882. The van der Waals surface area contributed by atoms with Gasteiger partial charge in [0.15, 0.2) is 0 Å². The summed E-state index contributed by atoms with van der Waals surface area (Å²) in [6.45, 7) is 7.24. The molecule has 3 rings (SSSR count). The maximum atomic E-state index is 6.15. The zero-order valence-corrected chi connectivity index (χ0v) is 13.9. The molecule has 1 saturated heterocycles. The summed E-state index contributed by atoms with van der Waals surface area (Å²) in [6, 6.07) is 19.3. The summed E-state index contributed by atoms with van der Waals surface area (Å²) in [7, 11) is 0. The van der Waals surface area contributed by atoms with Crippen LogP contribution in [0.15, 0.2) is 54.6 Å². The zero-order valence-electron chi connectivity index (χ0n) is 13.9. The fourth-order valence-electron chi connectivity index (χ4n) is 3.29. The number of ether oxygens (including phenoxy) is 1. The summed E-state index contributed by atoms with van der Waals surface area (Å²) in [5.74, 6) is 1.02. The highest BCUT2D eigenvalue weighted by Crippen LogP contribution is 2.32. The van der Waals surface area contributed by atoms with E-state index < -0.39 is 0 Å². The van der Waals surface area contributed by atoms with Crippen molar-refractivity contribution in [2.45, 2.75) is 26.0 Å². The summed E-state index contributed by atoms with van der Waals surface area (Å²) in [5, 5.41) is 3.43. The lowest BCUT2D eigenvalue weighted by atomic mass is 10.0. The second-order valence-corrected chi connectivity index (χ2v) is 6.02. The number of piperazine rings is 1. The van der Waals surface area contributed by atoms with Crippen molar-refractivity contribution in [3.05, 3.63) is 65.7 Å². The first kappa shape index (κ1) is 16.0. The lowest BCUT2D eigenvalue weighted by molar-refractivity contribution is 0.164. The van der Waals surface area contributed by atoms with Crippen LogP contribution in [0.2, 0.25) is 0 Å². The number of rotatable bonds is 6. The van der Waals surface area contributed by atoms with Gasteiger partial charge in [0.25, 0.3) is 0 Å². The van der Waals surface area contributed by atoms with Crippen LogP contribution in [0.25, 0.3) is 0 Å². The molecule has 2 aromatic rings. The second-order valence-electron chi connectivity index (χ2n) is 6.02. The van der Waals surface area contributed by atoms with Crippen molar-refractivity contribution in [2.75, 3.05) is 26.2 Å². The van der Waals surface area contributed by atoms with Gasteiger partial charge in [0, 0.05) is 37.8 Å². The van der Waals surface area contributed by atoms with Crippen molar-refractivity contribution < 1.29 is 4.74 Å². The molecule has 2 aromatic carbocycles. The molecule has 0 amide bonds. The highest BCUT2D eigenvalue weighted by atomic mass is 16.5. The van der Waals surface area contributed by atoms with Crippen molar-refractivity contribution in [1.82, 2.24) is 10.2 Å². The average molecular weight is 310 g/mol. The van der Waals surface area contributed by atoms with E-state index in [0.29, 0.717) is 12.6 Å². The van der Waals surface area contributed by atoms with Crippen LogP contribution >= 0.6 is 0 Å². The average Bonchev–Trinajstić information content (AvgIpc) is 2.63. The fourth-order valence-corrected chi connectivity index (χ4v) is 3.29. The molecule has 0 aliphatic carbocycles. The number of benzene rings is 2. The van der Waals surface area contributed by atoms with Crippen LogP contribution in [0.5, 0.6) is 5.75 Å². The van der Waals surface area contributed by atoms with Crippen molar-refractivity contribution in [2.24, 2.45) is 0 Å². The minimum Gasteiger partial charge on any atom is -0.489 e. The number of nitrogens with zero attached hydrogens (tertiary/aromatic N) is 1. The van der Waals surface area contributed by atoms with E-state index in [1.807, 2.05) is 6.07 Å². The minimum absolute atomic E-state index is 0.434. The topological polar surface area (TPSA) is 24.5 Å². The first-order valence-electron chi connectivity index (χ1n) is 8.59. The molecule has 1 fully saturated rings. The molecular weight excluding hydrogens is 284 g/mol. The van der Waals surface area contributed by atoms with Gasteiger partial charge in [0.1, 0.15) is 12.4 Å². The standard InChI is InChI=1S/C20H26N2O/c1-2-19(22-14-12-21-13-15-22)18-10-6-7-11-20(18)23-16-17-8-4-3-5-9-17/h3-11,19,21H,2,12-16H2,1H3/t19-/m1/s1. The number of hydrogen-bond donors (Lipinski definition) is 1. The number of nitrogens with one attached hydrogen (secondary N) is 1. The molecular formula is C20H26N2O. The fraction of sp³-hybridized carbons (Fsp3) is 0.400. The van der Waals surface area contributed by atoms with E-state index >= 15 is 0 Å². The Hall–Kier alpha value is -1.84. The molecule has 0 radical (unpaired) electrons. The van der Waals surface area contributed by atoms with Crippen LogP contribution in [-0.2, 0) is 6.61 Å². The normalized spacial score (nSPS) is 16.9. The van der Waals surface area contributed by atoms with Gasteiger partial charge in [-0.3, -0.25) is 4.90 Å². The first-order valence-corrected chi connectivity index (χ1v) is 8.59. The molecule has 1 heterocycles. The van der Waals surface area contributed by atoms with Gasteiger partial charge in [-0.25, -0.2) is 0 Å². The van der Waals surface area contributed by atoms with Crippen LogP contribution in [0.1, 0.15) is 30.5 Å². The van der Waals surface area contributed by atoms with Gasteiger partial charge in [-0.15, -0.1) is 0 Å². The maximum absolute atomic E-state index is 6.15. The summed E-state index contributed by atoms with van der Waals surface area (Å²) >= 11 is 0. The van der Waals surface area contributed by atoms with Crippen molar-refractivity contribution in [3.63, 3.8) is 0 Å². The van der Waals surface area contributed by atoms with Gasteiger partial charge < -0.3 is 10.1 Å². The molecule has 3 heteroatoms. The maximum Gasteiger partial charge on any atom is 0.124 e. The van der Waals surface area contributed by atoms with Crippen molar-refractivity contribution in [3.8, 4) is 5.75 Å². The molecule has 0 spiro atoms. The van der Waals surface area contributed by atoms with Crippen molar-refractivity contribution in [1.29, 1.82) is 0 Å². The molecule has 0 unspecified atom stereocenters. The highest BCUT2D eigenvalue weighted by molar-refractivity contribution is 5.36. The molecule has 1 N–H and O–H groups in total. The Balaban J connectivity index is 1.75. The van der Waals surface area contributed by atoms with E-state index in [-0.39, 0.29) is 0 Å². The summed E-state index contributed by atoms with van der Waals surface area (Å²) < 4.78 is 6.15. The third-order valence-electron chi connectivity index (χ3n) is 4.49. The van der Waals surface area contributed by atoms with Gasteiger partial charge in [-0.2, -0.15) is 0 Å². The first-order chi connectivity index (χ1) is 11.4. The van der Waals surface area contributed by atoms with Gasteiger partial charge in [0.05, 0.1) is 0 Å². The lowest BCUT2D eigenvalue weighted by Crippen LogP contribution is -2.45. The summed E-state index contributed by atoms with van der Waals surface area (Å²) in [4.78, 5) is 2.57. The monoisotopic (exact) mass is 310 g/mol. The van der Waals surface area contributed by atoms with Gasteiger partial charge in [-0.05, 0) is 18.1 Å². The minimum atomic E-state index is 0.434. The molecule has 3 nitrogen and oxygen atoms in total. The molecule has 0 bridgehead atoms. The van der Waals surface area contributed by atoms with Gasteiger partial charge in [-0.1, -0.05) is 55.5 Å². The Bertz CT molecular complexity index is 594. The lowest BCUT2D eigenvalue weighted by Gasteiger charge is -2.35. The molecule has 0 aromatic heterocycles. The van der Waals surface area contributed by atoms with Crippen LogP contribution in [0.4, 0.5) is 0 Å². The Labute approximate surface area is 139 Å². The zero-order chi connectivity index (χ0) is 15.9. The van der Waals surface area contributed by atoms with Crippen molar-refractivity contribution >= 4 is 0 Å². The second kappa shape index (κ2) is 8.14. The smallest absolute Gasteiger partial charge is 0.124 e. The third-order valence-corrected chi connectivity index (χ3v) is 4.49. The Morgan fingerprint density at radius 1 is 1.00 bits per heavy atom. The van der Waals surface area contributed by atoms with Gasteiger partial charge >= 0.3 is 0 Å². The molecule has 0 saturated carbocycles. The van der Waals surface area contributed by atoms with E-state index in [0.717, 1.165) is 38.3 Å². The van der Waals surface area contributed by atoms with Crippen LogP contribution in [0.3, 0.4) is 0 Å². The van der Waals surface area contributed by atoms with Crippen LogP contribution in [0, 0.1) is 0 Å². The number of para-hydroxylation sites is 1. The van der Waals surface area contributed by atoms with Crippen LogP contribution < -0.4 is 10.1 Å². The predicted molar refractivity (Wildman–Crippen MR) is 94.7 cm³/mol. The van der Waals surface area contributed by atoms with Gasteiger partial charge in [0.2, 0.25) is 0 Å². The van der Waals surface area contributed by atoms with Crippen LogP contribution in [-0.4, -0.2) is 31.1 Å². The molecule has 1 aliphatic heterocycles. The van der Waals surface area contributed by atoms with E-state index in [1.165, 1.54) is 11.1 Å². The van der Waals surface area contributed by atoms with E-state index in [4.69, 9.17) is 4.74 Å². The van der Waals surface area contributed by atoms with E-state index in [2.05, 4.69) is 65.7 Å². The Kier molecular flexibility index (Phi) is 5.67.